The Morgan fingerprint density at radius 3 is 2.84 bits per heavy atom. The van der Waals surface area contributed by atoms with Gasteiger partial charge in [-0.25, -0.2) is 0 Å². The van der Waals surface area contributed by atoms with Crippen LogP contribution < -0.4 is 11.1 Å². The number of nitrogens with two attached hydrogens (primary N) is 1. The maximum atomic E-state index is 11.7. The van der Waals surface area contributed by atoms with Crippen molar-refractivity contribution in [3.63, 3.8) is 0 Å². The summed E-state index contributed by atoms with van der Waals surface area (Å²) in [6, 6.07) is 7.53. The molecule has 0 spiro atoms. The summed E-state index contributed by atoms with van der Waals surface area (Å²) in [5, 5.41) is 2.82. The number of rotatable bonds is 8. The van der Waals surface area contributed by atoms with Gasteiger partial charge in [-0.3, -0.25) is 4.79 Å². The molecule has 19 heavy (non-hydrogen) atoms. The van der Waals surface area contributed by atoms with Crippen molar-refractivity contribution in [2.24, 2.45) is 11.7 Å². The number of carbonyl (C=O) groups is 1. The van der Waals surface area contributed by atoms with E-state index in [1.807, 2.05) is 24.3 Å². The van der Waals surface area contributed by atoms with Gasteiger partial charge in [-0.1, -0.05) is 38.5 Å². The molecular formula is C15H24N2O2. The minimum Gasteiger partial charge on any atom is -0.371 e. The summed E-state index contributed by atoms with van der Waals surface area (Å²) in [5.41, 5.74) is 7.31. The molecule has 4 heteroatoms. The Balaban J connectivity index is 2.35. The van der Waals surface area contributed by atoms with Gasteiger partial charge in [-0.15, -0.1) is 0 Å². The van der Waals surface area contributed by atoms with Gasteiger partial charge in [0.05, 0.1) is 0 Å². The number of nitrogens with one attached hydrogen (secondary N) is 1. The molecular weight excluding hydrogens is 240 g/mol. The van der Waals surface area contributed by atoms with E-state index >= 15 is 0 Å². The fourth-order valence-electron chi connectivity index (χ4n) is 1.94. The van der Waals surface area contributed by atoms with E-state index in [2.05, 4.69) is 19.2 Å². The summed E-state index contributed by atoms with van der Waals surface area (Å²) in [6.45, 7) is 5.40. The van der Waals surface area contributed by atoms with Crippen LogP contribution in [0, 0.1) is 5.92 Å². The summed E-state index contributed by atoms with van der Waals surface area (Å²) in [4.78, 5) is 11.7. The first-order valence-corrected chi connectivity index (χ1v) is 6.83. The second-order valence-electron chi connectivity index (χ2n) is 4.82. The van der Waals surface area contributed by atoms with Gasteiger partial charge in [0.25, 0.3) is 0 Å². The van der Waals surface area contributed by atoms with Crippen LogP contribution in [0.3, 0.4) is 0 Å². The third kappa shape index (κ3) is 5.85. The summed E-state index contributed by atoms with van der Waals surface area (Å²) in [7, 11) is 0. The molecule has 1 atom stereocenters. The van der Waals surface area contributed by atoms with Gasteiger partial charge in [0, 0.05) is 18.8 Å². The van der Waals surface area contributed by atoms with Crippen LogP contribution >= 0.6 is 0 Å². The predicted octanol–water partition coefficient (Wildman–Crippen LogP) is 2.54. The second kappa shape index (κ2) is 8.67. The standard InChI is InChI=1S/C15H24N2O2/c1-3-6-12(2)10-19-11-15(18)17-14-8-5-4-7-13(14)9-16/h4-5,7-8,12H,3,6,9-11,16H2,1-2H3,(H,17,18). The van der Waals surface area contributed by atoms with Crippen molar-refractivity contribution in [2.75, 3.05) is 18.5 Å². The summed E-state index contributed by atoms with van der Waals surface area (Å²) in [5.74, 6) is 0.360. The highest BCUT2D eigenvalue weighted by Gasteiger charge is 2.07. The quantitative estimate of drug-likeness (QED) is 0.758. The van der Waals surface area contributed by atoms with Crippen LogP contribution in [0.5, 0.6) is 0 Å². The molecule has 0 bridgehead atoms. The van der Waals surface area contributed by atoms with E-state index < -0.39 is 0 Å². The number of hydrogen-bond donors (Lipinski definition) is 2. The number of amides is 1. The Morgan fingerprint density at radius 1 is 1.42 bits per heavy atom. The Labute approximate surface area is 115 Å². The van der Waals surface area contributed by atoms with Crippen LogP contribution in [0.15, 0.2) is 24.3 Å². The lowest BCUT2D eigenvalue weighted by molar-refractivity contribution is -0.121. The summed E-state index contributed by atoms with van der Waals surface area (Å²) in [6.07, 6.45) is 2.26. The van der Waals surface area contributed by atoms with Gasteiger partial charge in [-0.05, 0) is 24.0 Å². The predicted molar refractivity (Wildman–Crippen MR) is 77.9 cm³/mol. The monoisotopic (exact) mass is 264 g/mol. The average molecular weight is 264 g/mol. The molecule has 3 N–H and O–H groups in total. The van der Waals surface area contributed by atoms with Gasteiger partial charge in [0.1, 0.15) is 6.61 Å². The molecule has 1 rings (SSSR count). The minimum absolute atomic E-state index is 0.0902. The zero-order valence-corrected chi connectivity index (χ0v) is 11.8. The van der Waals surface area contributed by atoms with Gasteiger partial charge in [-0.2, -0.15) is 0 Å². The van der Waals surface area contributed by atoms with Gasteiger partial charge < -0.3 is 15.8 Å². The van der Waals surface area contributed by atoms with E-state index in [0.29, 0.717) is 19.1 Å². The molecule has 0 aliphatic heterocycles. The highest BCUT2D eigenvalue weighted by Crippen LogP contribution is 2.13. The fourth-order valence-corrected chi connectivity index (χ4v) is 1.94. The average Bonchev–Trinajstić information content (AvgIpc) is 2.39. The molecule has 1 aromatic rings. The minimum atomic E-state index is -0.135. The number of anilines is 1. The number of hydrogen-bond acceptors (Lipinski definition) is 3. The van der Waals surface area contributed by atoms with Crippen molar-refractivity contribution in [3.05, 3.63) is 29.8 Å². The van der Waals surface area contributed by atoms with E-state index in [4.69, 9.17) is 10.5 Å². The summed E-state index contributed by atoms with van der Waals surface area (Å²) < 4.78 is 5.41. The van der Waals surface area contributed by atoms with Crippen molar-refractivity contribution < 1.29 is 9.53 Å². The molecule has 0 aromatic heterocycles. The van der Waals surface area contributed by atoms with Crippen molar-refractivity contribution in [1.29, 1.82) is 0 Å². The van der Waals surface area contributed by atoms with Crippen LogP contribution in [-0.4, -0.2) is 19.1 Å². The van der Waals surface area contributed by atoms with Crippen LogP contribution in [0.4, 0.5) is 5.69 Å². The Kier molecular flexibility index (Phi) is 7.15. The topological polar surface area (TPSA) is 64.3 Å². The van der Waals surface area contributed by atoms with Crippen LogP contribution in [-0.2, 0) is 16.1 Å². The highest BCUT2D eigenvalue weighted by molar-refractivity contribution is 5.92. The maximum absolute atomic E-state index is 11.7. The number of carbonyl (C=O) groups excluding carboxylic acids is 1. The maximum Gasteiger partial charge on any atom is 0.250 e. The van der Waals surface area contributed by atoms with E-state index in [1.165, 1.54) is 0 Å². The van der Waals surface area contributed by atoms with Gasteiger partial charge in [0.2, 0.25) is 5.91 Å². The molecule has 0 saturated carbocycles. The number of benzene rings is 1. The third-order valence-electron chi connectivity index (χ3n) is 2.93. The molecule has 1 amide bonds. The van der Waals surface area contributed by atoms with Gasteiger partial charge >= 0.3 is 0 Å². The van der Waals surface area contributed by atoms with E-state index in [0.717, 1.165) is 24.1 Å². The lowest BCUT2D eigenvalue weighted by Gasteiger charge is -2.12. The van der Waals surface area contributed by atoms with Crippen molar-refractivity contribution >= 4 is 11.6 Å². The van der Waals surface area contributed by atoms with Crippen molar-refractivity contribution in [2.45, 2.75) is 33.2 Å². The number of ether oxygens (including phenoxy) is 1. The van der Waals surface area contributed by atoms with Crippen LogP contribution in [0.2, 0.25) is 0 Å². The van der Waals surface area contributed by atoms with Crippen LogP contribution in [0.1, 0.15) is 32.3 Å². The lowest BCUT2D eigenvalue weighted by Crippen LogP contribution is -2.21. The fraction of sp³-hybridized carbons (Fsp3) is 0.533. The first-order valence-electron chi connectivity index (χ1n) is 6.83. The molecule has 0 heterocycles. The molecule has 0 radical (unpaired) electrons. The van der Waals surface area contributed by atoms with Crippen molar-refractivity contribution in [3.8, 4) is 0 Å². The lowest BCUT2D eigenvalue weighted by atomic mass is 10.1. The zero-order chi connectivity index (χ0) is 14.1. The van der Waals surface area contributed by atoms with E-state index in [-0.39, 0.29) is 12.5 Å². The Morgan fingerprint density at radius 2 is 2.16 bits per heavy atom. The molecule has 0 aliphatic rings. The first-order chi connectivity index (χ1) is 9.17. The largest absolute Gasteiger partial charge is 0.371 e. The highest BCUT2D eigenvalue weighted by atomic mass is 16.5. The second-order valence-corrected chi connectivity index (χ2v) is 4.82. The molecule has 4 nitrogen and oxygen atoms in total. The Hall–Kier alpha value is -1.39. The third-order valence-corrected chi connectivity index (χ3v) is 2.93. The molecule has 0 aliphatic carbocycles. The molecule has 106 valence electrons. The van der Waals surface area contributed by atoms with Gasteiger partial charge in [0.15, 0.2) is 0 Å². The smallest absolute Gasteiger partial charge is 0.250 e. The number of para-hydroxylation sites is 1. The molecule has 0 saturated heterocycles. The van der Waals surface area contributed by atoms with E-state index in [1.54, 1.807) is 0 Å². The molecule has 1 aromatic carbocycles. The Bertz CT molecular complexity index is 393. The normalized spacial score (nSPS) is 12.2. The van der Waals surface area contributed by atoms with E-state index in [9.17, 15) is 4.79 Å². The first kappa shape index (κ1) is 15.7. The SMILES string of the molecule is CCCC(C)COCC(=O)Nc1ccccc1CN. The molecule has 1 unspecified atom stereocenters. The molecule has 0 fully saturated rings. The summed E-state index contributed by atoms with van der Waals surface area (Å²) >= 11 is 0. The van der Waals surface area contributed by atoms with Crippen molar-refractivity contribution in [1.82, 2.24) is 0 Å². The zero-order valence-electron chi connectivity index (χ0n) is 11.8. The van der Waals surface area contributed by atoms with Crippen LogP contribution in [0.25, 0.3) is 0 Å².